The summed E-state index contributed by atoms with van der Waals surface area (Å²) in [5.74, 6) is 2.57. The van der Waals surface area contributed by atoms with Gasteiger partial charge in [0.1, 0.15) is 0 Å². The monoisotopic (exact) mass is 166 g/mol. The minimum absolute atomic E-state index is 0.498. The molecular weight excluding hydrogens is 160 g/mol. The van der Waals surface area contributed by atoms with Gasteiger partial charge in [-0.1, -0.05) is 15.9 Å². The van der Waals surface area contributed by atoms with E-state index in [4.69, 9.17) is 0 Å². The smallest absolute Gasteiger partial charge is 0.0410 e. The van der Waals surface area contributed by atoms with Gasteiger partial charge in [0.15, 0.2) is 0 Å². The molecule has 1 rings (SSSR count). The van der Waals surface area contributed by atoms with Crippen LogP contribution in [0.4, 0.5) is 0 Å². The summed E-state index contributed by atoms with van der Waals surface area (Å²) < 4.78 is 0.498. The van der Waals surface area contributed by atoms with E-state index in [1.165, 1.54) is 11.5 Å². The van der Waals surface area contributed by atoms with E-state index in [-0.39, 0.29) is 0 Å². The predicted molar refractivity (Wildman–Crippen MR) is 34.7 cm³/mol. The Hall–Kier alpha value is 0.830. The van der Waals surface area contributed by atoms with Crippen molar-refractivity contribution < 1.29 is 0 Å². The van der Waals surface area contributed by atoms with Gasteiger partial charge in [0, 0.05) is 15.8 Å². The van der Waals surface area contributed by atoms with E-state index in [1.54, 1.807) is 0 Å². The van der Waals surface area contributed by atoms with Crippen LogP contribution in [0.3, 0.4) is 0 Å². The molecule has 2 heteroatoms. The van der Waals surface area contributed by atoms with Crippen LogP contribution in [0, 0.1) is 0 Å². The maximum absolute atomic E-state index is 3.54. The van der Waals surface area contributed by atoms with Gasteiger partial charge in [0.2, 0.25) is 0 Å². The SMILES string of the molecule is CC1(Br)CSC1. The van der Waals surface area contributed by atoms with Gasteiger partial charge >= 0.3 is 0 Å². The molecule has 0 aromatic heterocycles. The van der Waals surface area contributed by atoms with Gasteiger partial charge in [0.25, 0.3) is 0 Å². The zero-order chi connectivity index (χ0) is 4.62. The van der Waals surface area contributed by atoms with Crippen LogP contribution in [0.25, 0.3) is 0 Å². The van der Waals surface area contributed by atoms with Gasteiger partial charge in [0.05, 0.1) is 0 Å². The van der Waals surface area contributed by atoms with Crippen LogP contribution in [-0.4, -0.2) is 15.8 Å². The number of halogens is 1. The average molecular weight is 167 g/mol. The lowest BCUT2D eigenvalue weighted by molar-refractivity contribution is 0.808. The first kappa shape index (κ1) is 4.98. The zero-order valence-electron chi connectivity index (χ0n) is 3.70. The highest BCUT2D eigenvalue weighted by molar-refractivity contribution is 9.10. The van der Waals surface area contributed by atoms with Gasteiger partial charge in [-0.05, 0) is 6.92 Å². The van der Waals surface area contributed by atoms with E-state index in [9.17, 15) is 0 Å². The first-order valence-electron chi connectivity index (χ1n) is 1.97. The van der Waals surface area contributed by atoms with E-state index < -0.39 is 0 Å². The molecule has 1 aliphatic heterocycles. The highest BCUT2D eigenvalue weighted by atomic mass is 79.9. The molecule has 0 nitrogen and oxygen atoms in total. The van der Waals surface area contributed by atoms with Crippen molar-refractivity contribution in [2.45, 2.75) is 11.2 Å². The Morgan fingerprint density at radius 3 is 2.00 bits per heavy atom. The van der Waals surface area contributed by atoms with Crippen LogP contribution in [0.5, 0.6) is 0 Å². The van der Waals surface area contributed by atoms with Gasteiger partial charge in [-0.25, -0.2) is 0 Å². The standard InChI is InChI=1S/C4H7BrS/c1-4(5)2-6-3-4/h2-3H2,1H3. The molecule has 0 bridgehead atoms. The summed E-state index contributed by atoms with van der Waals surface area (Å²) in [5.41, 5.74) is 0. The summed E-state index contributed by atoms with van der Waals surface area (Å²) in [4.78, 5) is 0. The molecule has 0 atom stereocenters. The average Bonchev–Trinajstić information content (AvgIpc) is 1.32. The van der Waals surface area contributed by atoms with Crippen LogP contribution in [-0.2, 0) is 0 Å². The minimum Gasteiger partial charge on any atom is -0.159 e. The van der Waals surface area contributed by atoms with Crippen molar-refractivity contribution in [2.75, 3.05) is 11.5 Å². The number of alkyl halides is 1. The molecule has 0 amide bonds. The Kier molecular flexibility index (Phi) is 1.17. The summed E-state index contributed by atoms with van der Waals surface area (Å²) in [6.07, 6.45) is 0. The Labute approximate surface area is 50.8 Å². The third-order valence-corrected chi connectivity index (χ3v) is 3.79. The van der Waals surface area contributed by atoms with Crippen LogP contribution < -0.4 is 0 Å². The molecule has 0 saturated carbocycles. The molecule has 0 unspecified atom stereocenters. The quantitative estimate of drug-likeness (QED) is 0.496. The predicted octanol–water partition coefficient (Wildman–Crippen LogP) is 1.89. The molecule has 0 spiro atoms. The topological polar surface area (TPSA) is 0 Å². The molecule has 1 saturated heterocycles. The third-order valence-electron chi connectivity index (χ3n) is 0.806. The van der Waals surface area contributed by atoms with E-state index >= 15 is 0 Å². The molecule has 1 aliphatic rings. The van der Waals surface area contributed by atoms with E-state index in [1.807, 2.05) is 11.8 Å². The molecule has 0 N–H and O–H groups in total. The number of rotatable bonds is 0. The van der Waals surface area contributed by atoms with Gasteiger partial charge in [-0.2, -0.15) is 11.8 Å². The van der Waals surface area contributed by atoms with Gasteiger partial charge < -0.3 is 0 Å². The fourth-order valence-corrected chi connectivity index (χ4v) is 2.12. The van der Waals surface area contributed by atoms with Crippen LogP contribution in [0.2, 0.25) is 0 Å². The zero-order valence-corrected chi connectivity index (χ0v) is 6.10. The van der Waals surface area contributed by atoms with Crippen molar-refractivity contribution in [3.63, 3.8) is 0 Å². The Bertz CT molecular complexity index is 54.6. The molecular formula is C4H7BrS. The van der Waals surface area contributed by atoms with Gasteiger partial charge in [-0.15, -0.1) is 0 Å². The molecule has 0 aliphatic carbocycles. The first-order chi connectivity index (χ1) is 2.71. The second-order valence-corrected chi connectivity index (χ2v) is 4.81. The lowest BCUT2D eigenvalue weighted by atomic mass is 10.2. The van der Waals surface area contributed by atoms with Crippen molar-refractivity contribution >= 4 is 27.7 Å². The van der Waals surface area contributed by atoms with Crippen LogP contribution >= 0.6 is 27.7 Å². The molecule has 6 heavy (non-hydrogen) atoms. The molecule has 1 heterocycles. The Morgan fingerprint density at radius 1 is 1.67 bits per heavy atom. The largest absolute Gasteiger partial charge is 0.159 e. The molecule has 1 fully saturated rings. The lowest BCUT2D eigenvalue weighted by Crippen LogP contribution is -2.32. The lowest BCUT2D eigenvalue weighted by Gasteiger charge is -2.30. The summed E-state index contributed by atoms with van der Waals surface area (Å²) in [6, 6.07) is 0. The first-order valence-corrected chi connectivity index (χ1v) is 3.92. The van der Waals surface area contributed by atoms with Crippen molar-refractivity contribution in [1.82, 2.24) is 0 Å². The molecule has 0 radical (unpaired) electrons. The van der Waals surface area contributed by atoms with E-state index in [0.717, 1.165) is 0 Å². The second-order valence-electron chi connectivity index (χ2n) is 1.91. The molecule has 0 aromatic carbocycles. The van der Waals surface area contributed by atoms with Crippen LogP contribution in [0.1, 0.15) is 6.92 Å². The van der Waals surface area contributed by atoms with Gasteiger partial charge in [-0.3, -0.25) is 0 Å². The van der Waals surface area contributed by atoms with Crippen molar-refractivity contribution in [2.24, 2.45) is 0 Å². The van der Waals surface area contributed by atoms with Crippen molar-refractivity contribution in [3.8, 4) is 0 Å². The van der Waals surface area contributed by atoms with Crippen molar-refractivity contribution in [3.05, 3.63) is 0 Å². The number of thioether (sulfide) groups is 1. The highest BCUT2D eigenvalue weighted by Crippen LogP contribution is 2.36. The Morgan fingerprint density at radius 2 is 2.00 bits per heavy atom. The van der Waals surface area contributed by atoms with Crippen molar-refractivity contribution in [1.29, 1.82) is 0 Å². The minimum atomic E-state index is 0.498. The van der Waals surface area contributed by atoms with E-state index in [0.29, 0.717) is 4.32 Å². The summed E-state index contributed by atoms with van der Waals surface area (Å²) >= 11 is 5.54. The summed E-state index contributed by atoms with van der Waals surface area (Å²) in [6.45, 7) is 2.23. The highest BCUT2D eigenvalue weighted by Gasteiger charge is 2.28. The maximum atomic E-state index is 3.54. The normalized spacial score (nSPS) is 29.0. The number of hydrogen-bond donors (Lipinski definition) is 0. The fraction of sp³-hybridized carbons (Fsp3) is 1.00. The fourth-order valence-electron chi connectivity index (χ4n) is 0.383. The third kappa shape index (κ3) is 0.909. The second kappa shape index (κ2) is 1.41. The molecule has 36 valence electrons. The Balaban J connectivity index is 2.31. The van der Waals surface area contributed by atoms with E-state index in [2.05, 4.69) is 22.9 Å². The maximum Gasteiger partial charge on any atom is 0.0410 e. The summed E-state index contributed by atoms with van der Waals surface area (Å²) in [5, 5.41) is 0. The molecule has 0 aromatic rings. The summed E-state index contributed by atoms with van der Waals surface area (Å²) in [7, 11) is 0. The number of hydrogen-bond acceptors (Lipinski definition) is 1. The van der Waals surface area contributed by atoms with Crippen LogP contribution in [0.15, 0.2) is 0 Å².